The molecular formula is C24H27N3O. The van der Waals surface area contributed by atoms with Gasteiger partial charge in [-0.1, -0.05) is 30.3 Å². The molecule has 5 rings (SSSR count). The van der Waals surface area contributed by atoms with E-state index in [9.17, 15) is 4.79 Å². The Kier molecular flexibility index (Phi) is 4.42. The minimum atomic E-state index is 0.260. The normalized spacial score (nSPS) is 16.6. The molecule has 0 bridgehead atoms. The molecule has 1 amide bonds. The van der Waals surface area contributed by atoms with Crippen molar-refractivity contribution in [2.45, 2.75) is 44.6 Å². The Bertz CT molecular complexity index is 974. The summed E-state index contributed by atoms with van der Waals surface area (Å²) < 4.78 is 2.20. The number of aryl methyl sites for hydroxylation is 1. The SMILES string of the molecule is CN(C(=O)CCc1nc2ccccc2n1-c1ccccc1)C(C1CC1)C1CC1. The molecule has 2 aromatic carbocycles. The molecule has 0 unspecified atom stereocenters. The Hall–Kier alpha value is -2.62. The van der Waals surface area contributed by atoms with E-state index < -0.39 is 0 Å². The molecule has 0 radical (unpaired) electrons. The lowest BCUT2D eigenvalue weighted by Gasteiger charge is -2.28. The predicted octanol–water partition coefficient (Wildman–Crippen LogP) is 4.61. The van der Waals surface area contributed by atoms with Crippen molar-refractivity contribution in [3.05, 3.63) is 60.4 Å². The lowest BCUT2D eigenvalue weighted by molar-refractivity contribution is -0.132. The van der Waals surface area contributed by atoms with Crippen molar-refractivity contribution < 1.29 is 4.79 Å². The van der Waals surface area contributed by atoms with E-state index in [4.69, 9.17) is 4.98 Å². The molecule has 2 fully saturated rings. The number of fused-ring (bicyclic) bond motifs is 1. The fourth-order valence-corrected chi connectivity index (χ4v) is 4.56. The summed E-state index contributed by atoms with van der Waals surface area (Å²) in [6.45, 7) is 0. The lowest BCUT2D eigenvalue weighted by atomic mass is 10.1. The van der Waals surface area contributed by atoms with Crippen LogP contribution in [0.15, 0.2) is 54.6 Å². The summed E-state index contributed by atoms with van der Waals surface area (Å²) >= 11 is 0. The second-order valence-corrected chi connectivity index (χ2v) is 8.36. The zero-order valence-corrected chi connectivity index (χ0v) is 16.4. The molecule has 0 spiro atoms. The summed E-state index contributed by atoms with van der Waals surface area (Å²) in [4.78, 5) is 19.9. The number of imidazole rings is 1. The van der Waals surface area contributed by atoms with Crippen LogP contribution in [0.25, 0.3) is 16.7 Å². The largest absolute Gasteiger partial charge is 0.342 e. The van der Waals surface area contributed by atoms with Gasteiger partial charge in [0.15, 0.2) is 0 Å². The van der Waals surface area contributed by atoms with Crippen molar-refractivity contribution in [3.8, 4) is 5.69 Å². The summed E-state index contributed by atoms with van der Waals surface area (Å²) in [5.41, 5.74) is 3.18. The van der Waals surface area contributed by atoms with Gasteiger partial charge in [0, 0.05) is 31.6 Å². The summed E-state index contributed by atoms with van der Waals surface area (Å²) in [7, 11) is 2.02. The molecule has 1 aromatic heterocycles. The van der Waals surface area contributed by atoms with Crippen LogP contribution >= 0.6 is 0 Å². The fourth-order valence-electron chi connectivity index (χ4n) is 4.56. The molecule has 2 aliphatic carbocycles. The van der Waals surface area contributed by atoms with Crippen LogP contribution in [0.5, 0.6) is 0 Å². The molecular weight excluding hydrogens is 346 g/mol. The Balaban J connectivity index is 1.38. The van der Waals surface area contributed by atoms with Crippen LogP contribution < -0.4 is 0 Å². The van der Waals surface area contributed by atoms with Crippen LogP contribution in [0.1, 0.15) is 37.9 Å². The minimum Gasteiger partial charge on any atom is -0.342 e. The van der Waals surface area contributed by atoms with Gasteiger partial charge in [0.25, 0.3) is 0 Å². The Labute approximate surface area is 166 Å². The van der Waals surface area contributed by atoms with Crippen molar-refractivity contribution in [1.29, 1.82) is 0 Å². The zero-order chi connectivity index (χ0) is 19.1. The molecule has 28 heavy (non-hydrogen) atoms. The van der Waals surface area contributed by atoms with Crippen LogP contribution in [0.2, 0.25) is 0 Å². The number of aromatic nitrogens is 2. The third kappa shape index (κ3) is 3.32. The molecule has 2 saturated carbocycles. The topological polar surface area (TPSA) is 38.1 Å². The molecule has 0 aliphatic heterocycles. The first-order valence-electron chi connectivity index (χ1n) is 10.5. The first-order chi connectivity index (χ1) is 13.7. The van der Waals surface area contributed by atoms with Crippen LogP contribution in [0.4, 0.5) is 0 Å². The molecule has 144 valence electrons. The maximum Gasteiger partial charge on any atom is 0.223 e. The van der Waals surface area contributed by atoms with E-state index in [0.29, 0.717) is 18.9 Å². The zero-order valence-electron chi connectivity index (χ0n) is 16.4. The highest BCUT2D eigenvalue weighted by atomic mass is 16.2. The summed E-state index contributed by atoms with van der Waals surface area (Å²) in [6, 6.07) is 19.0. The fraction of sp³-hybridized carbons (Fsp3) is 0.417. The molecule has 4 nitrogen and oxygen atoms in total. The maximum absolute atomic E-state index is 13.0. The lowest BCUT2D eigenvalue weighted by Crippen LogP contribution is -2.40. The van der Waals surface area contributed by atoms with Crippen LogP contribution in [-0.4, -0.2) is 33.4 Å². The molecule has 2 aliphatic rings. The van der Waals surface area contributed by atoms with Crippen LogP contribution in [0.3, 0.4) is 0 Å². The van der Waals surface area contributed by atoms with E-state index >= 15 is 0 Å². The third-order valence-corrected chi connectivity index (χ3v) is 6.26. The third-order valence-electron chi connectivity index (χ3n) is 6.26. The van der Waals surface area contributed by atoms with Gasteiger partial charge in [0.05, 0.1) is 11.0 Å². The molecule has 3 aromatic rings. The van der Waals surface area contributed by atoms with Crippen molar-refractivity contribution >= 4 is 16.9 Å². The van der Waals surface area contributed by atoms with E-state index in [1.807, 2.05) is 43.4 Å². The highest BCUT2D eigenvalue weighted by molar-refractivity contribution is 5.79. The number of benzene rings is 2. The quantitative estimate of drug-likeness (QED) is 0.607. The van der Waals surface area contributed by atoms with Crippen molar-refractivity contribution in [2.24, 2.45) is 11.8 Å². The van der Waals surface area contributed by atoms with Gasteiger partial charge >= 0.3 is 0 Å². The monoisotopic (exact) mass is 373 g/mol. The van der Waals surface area contributed by atoms with E-state index in [1.165, 1.54) is 25.7 Å². The molecule has 0 saturated heterocycles. The Morgan fingerprint density at radius 1 is 1.04 bits per heavy atom. The molecule has 4 heteroatoms. The number of nitrogens with zero attached hydrogens (tertiary/aromatic N) is 3. The Morgan fingerprint density at radius 2 is 1.68 bits per heavy atom. The predicted molar refractivity (Wildman–Crippen MR) is 111 cm³/mol. The van der Waals surface area contributed by atoms with E-state index in [0.717, 1.165) is 34.4 Å². The number of hydrogen-bond acceptors (Lipinski definition) is 2. The van der Waals surface area contributed by atoms with Crippen molar-refractivity contribution in [1.82, 2.24) is 14.5 Å². The summed E-state index contributed by atoms with van der Waals surface area (Å²) in [6.07, 6.45) is 6.35. The van der Waals surface area contributed by atoms with Gasteiger partial charge in [-0.15, -0.1) is 0 Å². The highest BCUT2D eigenvalue weighted by Gasteiger charge is 2.44. The standard InChI is InChI=1S/C24H27N3O/c1-26(24(17-11-12-17)18-13-14-18)23(28)16-15-22-25-20-9-5-6-10-21(20)27(22)19-7-3-2-4-8-19/h2-10,17-18,24H,11-16H2,1H3. The molecule has 0 atom stereocenters. The van der Waals surface area contributed by atoms with Crippen LogP contribution in [0, 0.1) is 11.8 Å². The number of carbonyl (C=O) groups is 1. The van der Waals surface area contributed by atoms with Crippen molar-refractivity contribution in [3.63, 3.8) is 0 Å². The number of rotatable bonds is 7. The van der Waals surface area contributed by atoms with Gasteiger partial charge in [0.2, 0.25) is 5.91 Å². The van der Waals surface area contributed by atoms with Gasteiger partial charge in [-0.05, 0) is 61.8 Å². The van der Waals surface area contributed by atoms with Gasteiger partial charge in [-0.2, -0.15) is 0 Å². The second-order valence-electron chi connectivity index (χ2n) is 8.36. The number of carbonyl (C=O) groups excluding carboxylic acids is 1. The highest BCUT2D eigenvalue weighted by Crippen LogP contribution is 2.47. The maximum atomic E-state index is 13.0. The second kappa shape index (κ2) is 7.08. The number of hydrogen-bond donors (Lipinski definition) is 0. The van der Waals surface area contributed by atoms with Gasteiger partial charge in [-0.25, -0.2) is 4.98 Å². The first-order valence-corrected chi connectivity index (χ1v) is 10.5. The molecule has 1 heterocycles. The average Bonchev–Trinajstić information content (AvgIpc) is 3.66. The summed E-state index contributed by atoms with van der Waals surface area (Å²) in [5.74, 6) is 2.71. The van der Waals surface area contributed by atoms with E-state index in [-0.39, 0.29) is 5.91 Å². The van der Waals surface area contributed by atoms with Gasteiger partial charge in [-0.3, -0.25) is 9.36 Å². The van der Waals surface area contributed by atoms with Crippen molar-refractivity contribution in [2.75, 3.05) is 7.05 Å². The van der Waals surface area contributed by atoms with Gasteiger partial charge in [0.1, 0.15) is 5.82 Å². The minimum absolute atomic E-state index is 0.260. The van der Waals surface area contributed by atoms with E-state index in [1.54, 1.807) is 0 Å². The first kappa shape index (κ1) is 17.5. The average molecular weight is 374 g/mol. The number of amides is 1. The number of para-hydroxylation sites is 3. The van der Waals surface area contributed by atoms with Crippen LogP contribution in [-0.2, 0) is 11.2 Å². The smallest absolute Gasteiger partial charge is 0.223 e. The molecule has 0 N–H and O–H groups in total. The Morgan fingerprint density at radius 3 is 2.36 bits per heavy atom. The summed E-state index contributed by atoms with van der Waals surface area (Å²) in [5, 5.41) is 0. The van der Waals surface area contributed by atoms with E-state index in [2.05, 4.69) is 27.7 Å². The van der Waals surface area contributed by atoms with Gasteiger partial charge < -0.3 is 4.90 Å².